The van der Waals surface area contributed by atoms with E-state index in [-0.39, 0.29) is 30.4 Å². The zero-order chi connectivity index (χ0) is 32.0. The van der Waals surface area contributed by atoms with E-state index in [0.717, 1.165) is 22.0 Å². The molecule has 0 bridgehead atoms. The average Bonchev–Trinajstić information content (AvgIpc) is 3.38. The zero-order valence-corrected chi connectivity index (χ0v) is 25.8. The zero-order valence-electron chi connectivity index (χ0n) is 25.8. The van der Waals surface area contributed by atoms with Crippen molar-refractivity contribution in [2.45, 2.75) is 78.1 Å². The molecule has 1 aromatic heterocycles. The number of phenolic OH excluding ortho intramolecular Hbond substituents is 1. The number of ether oxygens (including phenoxy) is 1. The van der Waals surface area contributed by atoms with Gasteiger partial charge < -0.3 is 30.8 Å². The number of hydrogen-bond donors (Lipinski definition) is 5. The fourth-order valence-corrected chi connectivity index (χ4v) is 5.44. The SMILES string of the molecule is C/C1=C\[C@@H](C)[C@@H](C)OC(=O)C[C@H](c2ccc(O)cc2)NC(=O)[C@@H](Cc2c[nH]c3ccccc23)NC(=O)[C@H](C)NC(=O)[C@@H](C)C1. The van der Waals surface area contributed by atoms with Gasteiger partial charge >= 0.3 is 5.97 Å². The topological polar surface area (TPSA) is 150 Å². The summed E-state index contributed by atoms with van der Waals surface area (Å²) in [6, 6.07) is 11.1. The molecule has 3 amide bonds. The van der Waals surface area contributed by atoms with Gasteiger partial charge in [0.05, 0.1) is 12.5 Å². The quantitative estimate of drug-likeness (QED) is 0.224. The second kappa shape index (κ2) is 14.2. The van der Waals surface area contributed by atoms with Gasteiger partial charge in [-0.2, -0.15) is 0 Å². The second-order valence-electron chi connectivity index (χ2n) is 11.9. The molecule has 0 radical (unpaired) electrons. The molecule has 3 aromatic rings. The molecule has 2 heterocycles. The van der Waals surface area contributed by atoms with Crippen LogP contribution in [-0.4, -0.2) is 52.0 Å². The number of aromatic amines is 1. The Morgan fingerprint density at radius 2 is 1.55 bits per heavy atom. The summed E-state index contributed by atoms with van der Waals surface area (Å²) in [6.07, 6.45) is 3.80. The Bertz CT molecular complexity index is 1530. The van der Waals surface area contributed by atoms with Crippen LogP contribution in [0.5, 0.6) is 5.75 Å². The number of phenols is 1. The third-order valence-electron chi connectivity index (χ3n) is 8.15. The van der Waals surface area contributed by atoms with Crippen LogP contribution in [0, 0.1) is 11.8 Å². The lowest BCUT2D eigenvalue weighted by Gasteiger charge is -2.26. The molecule has 5 N–H and O–H groups in total. The van der Waals surface area contributed by atoms with Gasteiger partial charge in [0.25, 0.3) is 0 Å². The summed E-state index contributed by atoms with van der Waals surface area (Å²) in [5, 5.41) is 19.3. The number of amides is 3. The predicted octanol–water partition coefficient (Wildman–Crippen LogP) is 4.21. The van der Waals surface area contributed by atoms with Gasteiger partial charge in [-0.1, -0.05) is 55.8 Å². The van der Waals surface area contributed by atoms with Crippen LogP contribution < -0.4 is 16.0 Å². The summed E-state index contributed by atoms with van der Waals surface area (Å²) in [5.41, 5.74) is 3.26. The van der Waals surface area contributed by atoms with Crippen LogP contribution in [-0.2, 0) is 30.3 Å². The molecule has 0 fully saturated rings. The molecule has 1 aliphatic heterocycles. The summed E-state index contributed by atoms with van der Waals surface area (Å²) >= 11 is 0. The number of benzene rings is 2. The molecule has 10 heteroatoms. The number of carbonyl (C=O) groups excluding carboxylic acids is 4. The lowest BCUT2D eigenvalue weighted by Crippen LogP contribution is -2.54. The van der Waals surface area contributed by atoms with Crippen molar-refractivity contribution in [1.29, 1.82) is 0 Å². The number of fused-ring (bicyclic) bond motifs is 1. The molecule has 44 heavy (non-hydrogen) atoms. The summed E-state index contributed by atoms with van der Waals surface area (Å²) in [6.45, 7) is 9.05. The molecule has 0 unspecified atom stereocenters. The lowest BCUT2D eigenvalue weighted by atomic mass is 9.96. The number of H-pyrrole nitrogens is 1. The van der Waals surface area contributed by atoms with Gasteiger partial charge in [-0.3, -0.25) is 19.2 Å². The molecule has 6 atom stereocenters. The van der Waals surface area contributed by atoms with Gasteiger partial charge in [0.15, 0.2) is 0 Å². The van der Waals surface area contributed by atoms with Gasteiger partial charge in [-0.05, 0) is 56.5 Å². The Morgan fingerprint density at radius 1 is 0.841 bits per heavy atom. The molecular formula is C34H42N4O6. The predicted molar refractivity (Wildman–Crippen MR) is 167 cm³/mol. The van der Waals surface area contributed by atoms with Crippen molar-refractivity contribution in [3.8, 4) is 5.75 Å². The molecule has 4 rings (SSSR count). The summed E-state index contributed by atoms with van der Waals surface area (Å²) in [7, 11) is 0. The number of para-hydroxylation sites is 1. The number of carbonyl (C=O) groups is 4. The Labute approximate surface area is 257 Å². The Hall–Kier alpha value is -4.60. The smallest absolute Gasteiger partial charge is 0.308 e. The minimum Gasteiger partial charge on any atom is -0.508 e. The van der Waals surface area contributed by atoms with Crippen molar-refractivity contribution in [2.24, 2.45) is 11.8 Å². The van der Waals surface area contributed by atoms with Crippen LogP contribution in [0.15, 0.2) is 66.4 Å². The Morgan fingerprint density at radius 3 is 2.27 bits per heavy atom. The first kappa shape index (κ1) is 32.3. The second-order valence-corrected chi connectivity index (χ2v) is 11.9. The van der Waals surface area contributed by atoms with Crippen molar-refractivity contribution in [3.63, 3.8) is 0 Å². The van der Waals surface area contributed by atoms with Crippen molar-refractivity contribution in [1.82, 2.24) is 20.9 Å². The van der Waals surface area contributed by atoms with Crippen molar-refractivity contribution < 1.29 is 29.0 Å². The van der Waals surface area contributed by atoms with Gasteiger partial charge in [0.2, 0.25) is 17.7 Å². The first-order chi connectivity index (χ1) is 20.9. The highest BCUT2D eigenvalue weighted by Gasteiger charge is 2.30. The van der Waals surface area contributed by atoms with E-state index in [1.165, 1.54) is 12.1 Å². The summed E-state index contributed by atoms with van der Waals surface area (Å²) < 4.78 is 5.77. The minimum absolute atomic E-state index is 0.0438. The lowest BCUT2D eigenvalue weighted by molar-refractivity contribution is -0.150. The first-order valence-corrected chi connectivity index (χ1v) is 15.0. The summed E-state index contributed by atoms with van der Waals surface area (Å²) in [4.78, 5) is 56.6. The number of cyclic esters (lactones) is 1. The average molecular weight is 603 g/mol. The third-order valence-corrected chi connectivity index (χ3v) is 8.15. The molecule has 2 aromatic carbocycles. The Balaban J connectivity index is 1.69. The standard InChI is InChI=1S/C34H42N4O6/c1-19-14-20(2)23(5)44-31(40)17-29(24-10-12-26(39)13-11-24)37-34(43)30(16-25-18-35-28-9-7-6-8-27(25)28)38-33(42)22(4)36-32(41)21(3)15-19/h6-14,18,20-23,29-30,35,39H,15-17H2,1-5H3,(H,36,41)(H,37,43)(H,38,42)/b19-14+/t20-,21+,22+,23-,29-,30-/m1/s1. The van der Waals surface area contributed by atoms with Crippen LogP contribution >= 0.6 is 0 Å². The molecular weight excluding hydrogens is 560 g/mol. The number of rotatable bonds is 3. The fourth-order valence-electron chi connectivity index (χ4n) is 5.44. The van der Waals surface area contributed by atoms with Crippen molar-refractivity contribution >= 4 is 34.6 Å². The highest BCUT2D eigenvalue weighted by atomic mass is 16.5. The molecule has 0 aliphatic carbocycles. The highest BCUT2D eigenvalue weighted by molar-refractivity contribution is 5.93. The van der Waals surface area contributed by atoms with Gasteiger partial charge in [-0.25, -0.2) is 0 Å². The number of allylic oxidation sites excluding steroid dienone is 1. The molecule has 10 nitrogen and oxygen atoms in total. The number of aromatic nitrogens is 1. The summed E-state index contributed by atoms with van der Waals surface area (Å²) in [5.74, 6) is -2.29. The molecule has 234 valence electrons. The number of hydrogen-bond acceptors (Lipinski definition) is 6. The van der Waals surface area contributed by atoms with E-state index >= 15 is 0 Å². The molecule has 1 aliphatic rings. The molecule has 0 saturated heterocycles. The van der Waals surface area contributed by atoms with E-state index in [2.05, 4.69) is 20.9 Å². The minimum atomic E-state index is -1.03. The van der Waals surface area contributed by atoms with E-state index < -0.39 is 47.9 Å². The number of aromatic hydroxyl groups is 1. The van der Waals surface area contributed by atoms with E-state index in [0.29, 0.717) is 12.0 Å². The van der Waals surface area contributed by atoms with E-state index in [4.69, 9.17) is 4.74 Å². The van der Waals surface area contributed by atoms with Gasteiger partial charge in [0.1, 0.15) is 23.9 Å². The third kappa shape index (κ3) is 8.27. The fraction of sp³-hybridized carbons (Fsp3) is 0.412. The van der Waals surface area contributed by atoms with Crippen LogP contribution in [0.3, 0.4) is 0 Å². The normalized spacial score (nSPS) is 27.6. The van der Waals surface area contributed by atoms with Crippen molar-refractivity contribution in [2.75, 3.05) is 0 Å². The van der Waals surface area contributed by atoms with E-state index in [1.54, 1.807) is 32.2 Å². The Kier molecular flexibility index (Phi) is 10.5. The largest absolute Gasteiger partial charge is 0.508 e. The molecule has 0 spiro atoms. The first-order valence-electron chi connectivity index (χ1n) is 15.0. The monoisotopic (exact) mass is 602 g/mol. The van der Waals surface area contributed by atoms with E-state index in [1.807, 2.05) is 51.1 Å². The highest BCUT2D eigenvalue weighted by Crippen LogP contribution is 2.24. The van der Waals surface area contributed by atoms with E-state index in [9.17, 15) is 24.3 Å². The number of nitrogens with one attached hydrogen (secondary N) is 4. The maximum atomic E-state index is 13.9. The van der Waals surface area contributed by atoms with Crippen molar-refractivity contribution in [3.05, 3.63) is 77.5 Å². The van der Waals surface area contributed by atoms with Crippen LogP contribution in [0.4, 0.5) is 0 Å². The van der Waals surface area contributed by atoms with Crippen LogP contribution in [0.1, 0.15) is 64.6 Å². The maximum Gasteiger partial charge on any atom is 0.308 e. The number of esters is 1. The maximum absolute atomic E-state index is 13.9. The molecule has 0 saturated carbocycles. The van der Waals surface area contributed by atoms with Gasteiger partial charge in [-0.15, -0.1) is 0 Å². The van der Waals surface area contributed by atoms with Gasteiger partial charge in [0, 0.05) is 35.4 Å². The van der Waals surface area contributed by atoms with Crippen LogP contribution in [0.25, 0.3) is 10.9 Å². The van der Waals surface area contributed by atoms with Crippen LogP contribution in [0.2, 0.25) is 0 Å².